The van der Waals surface area contributed by atoms with Gasteiger partial charge in [0.2, 0.25) is 0 Å². The van der Waals surface area contributed by atoms with E-state index in [2.05, 4.69) is 16.0 Å². The number of aliphatic carboxylic acids is 1. The number of nitrogens with one attached hydrogen (secondary N) is 3. The third-order valence-electron chi connectivity index (χ3n) is 4.93. The van der Waals surface area contributed by atoms with E-state index in [-0.39, 0.29) is 28.4 Å². The van der Waals surface area contributed by atoms with Gasteiger partial charge in [0, 0.05) is 24.2 Å². The number of phenolic OH excluding ortho intramolecular Hbond substituents is 1. The number of carbonyl (C=O) groups is 4. The van der Waals surface area contributed by atoms with Crippen LogP contribution in [0.1, 0.15) is 36.6 Å². The number of carbonyl (C=O) groups excluding carboxylic acids is 4. The van der Waals surface area contributed by atoms with E-state index in [9.17, 15) is 29.4 Å². The fourth-order valence-corrected chi connectivity index (χ4v) is 3.37. The third-order valence-corrected chi connectivity index (χ3v) is 5.24. The Morgan fingerprint density at radius 3 is 2.20 bits per heavy atom. The molecule has 0 saturated heterocycles. The number of carboxylic acids is 1. The maximum absolute atomic E-state index is 12.6. The lowest BCUT2D eigenvalue weighted by Crippen LogP contribution is -2.53. The molecule has 9 nitrogen and oxygen atoms in total. The molecular weight excluding hydrogens is 474 g/mol. The molecule has 0 aliphatic carbocycles. The molecule has 10 heteroatoms. The Balaban J connectivity index is 1.60. The molecule has 0 aliphatic rings. The summed E-state index contributed by atoms with van der Waals surface area (Å²) in [6, 6.07) is 17.0. The van der Waals surface area contributed by atoms with Crippen molar-refractivity contribution in [2.24, 2.45) is 0 Å². The van der Waals surface area contributed by atoms with E-state index >= 15 is 0 Å². The zero-order valence-electron chi connectivity index (χ0n) is 18.3. The van der Waals surface area contributed by atoms with E-state index in [4.69, 9.17) is 11.6 Å². The minimum atomic E-state index is -1.59. The zero-order chi connectivity index (χ0) is 25.4. The number of amides is 3. The molecule has 0 fully saturated rings. The average Bonchev–Trinajstić information content (AvgIpc) is 2.85. The minimum Gasteiger partial charge on any atom is -0.548 e. The molecule has 0 aliphatic heterocycles. The summed E-state index contributed by atoms with van der Waals surface area (Å²) in [5.41, 5.74) is 1.14. The summed E-state index contributed by atoms with van der Waals surface area (Å²) in [5.74, 6) is -3.30. The topological polar surface area (TPSA) is 148 Å². The standard InChI is InChI=1S/C25H22ClN3O6/c26-20-12-17(23(32)27-13-15-5-4-8-18(30)11-15)9-10-19(20)24(33)29-21(25(34)35)14-28-22(31)16-6-2-1-3-7-16/h1-12,21,30H,13-14H2,(H,27,32)(H,28,31)(H,29,33)(H,34,35)/p-1/t21-/m0/s1. The molecule has 0 spiro atoms. The van der Waals surface area contributed by atoms with Crippen LogP contribution < -0.4 is 21.1 Å². The van der Waals surface area contributed by atoms with Gasteiger partial charge in [-0.1, -0.05) is 41.9 Å². The van der Waals surface area contributed by atoms with Gasteiger partial charge in [0.25, 0.3) is 17.7 Å². The van der Waals surface area contributed by atoms with Crippen LogP contribution >= 0.6 is 11.6 Å². The first-order valence-electron chi connectivity index (χ1n) is 10.4. The van der Waals surface area contributed by atoms with Crippen molar-refractivity contribution in [1.82, 2.24) is 16.0 Å². The van der Waals surface area contributed by atoms with Gasteiger partial charge in [-0.2, -0.15) is 0 Å². The van der Waals surface area contributed by atoms with E-state index in [1.165, 1.54) is 30.3 Å². The van der Waals surface area contributed by atoms with Crippen molar-refractivity contribution in [3.63, 3.8) is 0 Å². The van der Waals surface area contributed by atoms with Gasteiger partial charge in [-0.25, -0.2) is 0 Å². The molecule has 3 amide bonds. The molecule has 3 aromatic rings. The van der Waals surface area contributed by atoms with Gasteiger partial charge in [0.05, 0.1) is 22.6 Å². The Bertz CT molecular complexity index is 1250. The van der Waals surface area contributed by atoms with Crippen LogP contribution in [0.15, 0.2) is 72.8 Å². The van der Waals surface area contributed by atoms with Crippen LogP contribution in [0.5, 0.6) is 5.75 Å². The molecule has 4 N–H and O–H groups in total. The van der Waals surface area contributed by atoms with Gasteiger partial charge in [0.1, 0.15) is 5.75 Å². The van der Waals surface area contributed by atoms with Crippen LogP contribution in [-0.4, -0.2) is 41.4 Å². The molecule has 0 heterocycles. The molecule has 0 aromatic heterocycles. The number of hydrogen-bond acceptors (Lipinski definition) is 6. The predicted molar refractivity (Wildman–Crippen MR) is 126 cm³/mol. The highest BCUT2D eigenvalue weighted by atomic mass is 35.5. The van der Waals surface area contributed by atoms with Gasteiger partial charge in [-0.3, -0.25) is 14.4 Å². The molecule has 0 bridgehead atoms. The summed E-state index contributed by atoms with van der Waals surface area (Å²) in [6.07, 6.45) is 0. The fourth-order valence-electron chi connectivity index (χ4n) is 3.11. The molecule has 180 valence electrons. The van der Waals surface area contributed by atoms with Crippen molar-refractivity contribution in [3.8, 4) is 5.75 Å². The van der Waals surface area contributed by atoms with Crippen molar-refractivity contribution < 1.29 is 29.4 Å². The third kappa shape index (κ3) is 7.05. The Morgan fingerprint density at radius 2 is 1.54 bits per heavy atom. The number of rotatable bonds is 9. The molecule has 35 heavy (non-hydrogen) atoms. The maximum atomic E-state index is 12.6. The lowest BCUT2D eigenvalue weighted by Gasteiger charge is -2.20. The predicted octanol–water partition coefficient (Wildman–Crippen LogP) is 1.25. The van der Waals surface area contributed by atoms with Crippen molar-refractivity contribution in [1.29, 1.82) is 0 Å². The molecule has 0 saturated carbocycles. The zero-order valence-corrected chi connectivity index (χ0v) is 19.0. The highest BCUT2D eigenvalue weighted by molar-refractivity contribution is 6.34. The number of carboxylic acid groups (broad SMARTS) is 1. The van der Waals surface area contributed by atoms with Crippen LogP contribution in [0.25, 0.3) is 0 Å². The summed E-state index contributed by atoms with van der Waals surface area (Å²) in [5, 5.41) is 28.3. The summed E-state index contributed by atoms with van der Waals surface area (Å²) in [4.78, 5) is 48.6. The Morgan fingerprint density at radius 1 is 0.829 bits per heavy atom. The SMILES string of the molecule is O=C(NCc1cccc(O)c1)c1ccc(C(=O)N[C@@H](CNC(=O)c2ccccc2)C(=O)[O-])c(Cl)c1. The Hall–Kier alpha value is -4.37. The van der Waals surface area contributed by atoms with E-state index in [1.807, 2.05) is 0 Å². The smallest absolute Gasteiger partial charge is 0.253 e. The maximum Gasteiger partial charge on any atom is 0.253 e. The quantitative estimate of drug-likeness (QED) is 0.352. The van der Waals surface area contributed by atoms with Gasteiger partial charge in [-0.05, 0) is 48.0 Å². The Labute approximate surface area is 205 Å². The summed E-state index contributed by atoms with van der Waals surface area (Å²) in [7, 11) is 0. The summed E-state index contributed by atoms with van der Waals surface area (Å²) >= 11 is 6.17. The second-order valence-corrected chi connectivity index (χ2v) is 7.88. The van der Waals surface area contributed by atoms with Gasteiger partial charge >= 0.3 is 0 Å². The van der Waals surface area contributed by atoms with E-state index in [0.29, 0.717) is 11.1 Å². The van der Waals surface area contributed by atoms with E-state index in [0.717, 1.165) is 0 Å². The van der Waals surface area contributed by atoms with Gasteiger partial charge in [-0.15, -0.1) is 0 Å². The average molecular weight is 495 g/mol. The van der Waals surface area contributed by atoms with Crippen molar-refractivity contribution >= 4 is 35.3 Å². The normalized spacial score (nSPS) is 11.2. The lowest BCUT2D eigenvalue weighted by molar-refractivity contribution is -0.307. The fraction of sp³-hybridized carbons (Fsp3) is 0.120. The second-order valence-electron chi connectivity index (χ2n) is 7.47. The van der Waals surface area contributed by atoms with E-state index < -0.39 is 36.3 Å². The molecule has 0 radical (unpaired) electrons. The molecule has 0 unspecified atom stereocenters. The van der Waals surface area contributed by atoms with Crippen LogP contribution in [-0.2, 0) is 11.3 Å². The van der Waals surface area contributed by atoms with Gasteiger partial charge in [0.15, 0.2) is 0 Å². The number of halogens is 1. The van der Waals surface area contributed by atoms with Crippen LogP contribution in [0.3, 0.4) is 0 Å². The van der Waals surface area contributed by atoms with Crippen molar-refractivity contribution in [2.45, 2.75) is 12.6 Å². The van der Waals surface area contributed by atoms with Crippen LogP contribution in [0, 0.1) is 0 Å². The molecular formula is C25H21ClN3O6-. The van der Waals surface area contributed by atoms with Crippen LogP contribution in [0.2, 0.25) is 5.02 Å². The summed E-state index contributed by atoms with van der Waals surface area (Å²) < 4.78 is 0. The first-order chi connectivity index (χ1) is 16.7. The summed E-state index contributed by atoms with van der Waals surface area (Å²) in [6.45, 7) is -0.246. The number of hydrogen-bond donors (Lipinski definition) is 4. The van der Waals surface area contributed by atoms with Crippen LogP contribution in [0.4, 0.5) is 0 Å². The molecule has 3 aromatic carbocycles. The van der Waals surface area contributed by atoms with Gasteiger partial charge < -0.3 is 31.0 Å². The van der Waals surface area contributed by atoms with Crippen molar-refractivity contribution in [3.05, 3.63) is 100 Å². The second kappa shape index (κ2) is 11.7. The molecule has 3 rings (SSSR count). The lowest BCUT2D eigenvalue weighted by atomic mass is 10.1. The minimum absolute atomic E-state index is 0.0585. The number of benzene rings is 3. The van der Waals surface area contributed by atoms with Crippen molar-refractivity contribution in [2.75, 3.05) is 6.54 Å². The highest BCUT2D eigenvalue weighted by Crippen LogP contribution is 2.18. The largest absolute Gasteiger partial charge is 0.548 e. The number of phenols is 1. The molecule has 1 atom stereocenters. The van der Waals surface area contributed by atoms with E-state index in [1.54, 1.807) is 42.5 Å². The Kier molecular flexibility index (Phi) is 8.42. The monoisotopic (exact) mass is 494 g/mol. The highest BCUT2D eigenvalue weighted by Gasteiger charge is 2.19. The first-order valence-corrected chi connectivity index (χ1v) is 10.8. The number of aromatic hydroxyl groups is 1. The first kappa shape index (κ1) is 25.3.